The molecule has 2 aliphatic rings. The summed E-state index contributed by atoms with van der Waals surface area (Å²) in [7, 11) is -0.0298. The van der Waals surface area contributed by atoms with Crippen molar-refractivity contribution in [2.45, 2.75) is 18.5 Å². The number of carbonyl (C=O) groups excluding carboxylic acids is 2. The molecule has 1 saturated heterocycles. The summed E-state index contributed by atoms with van der Waals surface area (Å²) in [6.45, 7) is -0.0849. The average Bonchev–Trinajstić information content (AvgIpc) is 3.14. The van der Waals surface area contributed by atoms with Crippen LogP contribution in [0.2, 0.25) is 0 Å². The smallest absolute Gasteiger partial charge is 0.339 e. The van der Waals surface area contributed by atoms with Gasteiger partial charge in [-0.3, -0.25) is 8.98 Å². The van der Waals surface area contributed by atoms with Crippen molar-refractivity contribution in [2.24, 2.45) is 0 Å². The van der Waals surface area contributed by atoms with Crippen molar-refractivity contribution < 1.29 is 36.4 Å². The van der Waals surface area contributed by atoms with Gasteiger partial charge < -0.3 is 14.2 Å². The zero-order valence-electron chi connectivity index (χ0n) is 15.0. The molecule has 27 heavy (non-hydrogen) atoms. The molecule has 0 amide bonds. The number of benzene rings is 1. The van der Waals surface area contributed by atoms with Crippen LogP contribution in [0.4, 0.5) is 0 Å². The van der Waals surface area contributed by atoms with Crippen LogP contribution < -0.4 is 4.74 Å². The van der Waals surface area contributed by atoms with Crippen molar-refractivity contribution in [1.29, 1.82) is 0 Å². The maximum Gasteiger partial charge on any atom is 0.339 e. The number of methoxy groups -OCH3 is 3. The first-order valence-corrected chi connectivity index (χ1v) is 9.41. The molecule has 0 aromatic heterocycles. The minimum atomic E-state index is -4.00. The van der Waals surface area contributed by atoms with Gasteiger partial charge in [0.15, 0.2) is 0 Å². The third kappa shape index (κ3) is 3.43. The maximum absolute atomic E-state index is 12.4. The van der Waals surface area contributed by atoms with Gasteiger partial charge in [0, 0.05) is 6.08 Å². The predicted molar refractivity (Wildman–Crippen MR) is 92.9 cm³/mol. The van der Waals surface area contributed by atoms with Crippen LogP contribution in [0.5, 0.6) is 5.75 Å². The quantitative estimate of drug-likeness (QED) is 0.537. The Morgan fingerprint density at radius 1 is 1.26 bits per heavy atom. The summed E-state index contributed by atoms with van der Waals surface area (Å²) in [6, 6.07) is 1.97. The third-order valence-electron chi connectivity index (χ3n) is 4.58. The van der Waals surface area contributed by atoms with E-state index in [1.807, 2.05) is 0 Å². The second kappa shape index (κ2) is 7.29. The molecule has 0 saturated carbocycles. The number of carbonyl (C=O) groups is 2. The van der Waals surface area contributed by atoms with Crippen LogP contribution in [0, 0.1) is 0 Å². The van der Waals surface area contributed by atoms with Gasteiger partial charge in [0.2, 0.25) is 0 Å². The normalized spacial score (nSPS) is 23.1. The lowest BCUT2D eigenvalue weighted by atomic mass is 9.94. The number of esters is 2. The first-order chi connectivity index (χ1) is 12.8. The number of ether oxygens (including phenoxy) is 3. The van der Waals surface area contributed by atoms with Crippen LogP contribution in [0.1, 0.15) is 35.2 Å². The maximum atomic E-state index is 12.4. The van der Waals surface area contributed by atoms with E-state index in [-0.39, 0.29) is 13.0 Å². The van der Waals surface area contributed by atoms with Gasteiger partial charge in [0.1, 0.15) is 5.75 Å². The highest BCUT2D eigenvalue weighted by Gasteiger charge is 2.52. The van der Waals surface area contributed by atoms with Gasteiger partial charge in [-0.2, -0.15) is 12.7 Å². The molecule has 3 rings (SSSR count). The molecule has 1 aromatic rings. The predicted octanol–water partition coefficient (Wildman–Crippen LogP) is 1.12. The summed E-state index contributed by atoms with van der Waals surface area (Å²) < 4.78 is 45.6. The van der Waals surface area contributed by atoms with Crippen LogP contribution in [-0.4, -0.2) is 52.6 Å². The molecule has 0 spiro atoms. The van der Waals surface area contributed by atoms with E-state index in [2.05, 4.69) is 4.74 Å². The van der Waals surface area contributed by atoms with Gasteiger partial charge in [0.05, 0.1) is 46.4 Å². The summed E-state index contributed by atoms with van der Waals surface area (Å²) in [5, 5.41) is 0. The van der Waals surface area contributed by atoms with Gasteiger partial charge in [-0.1, -0.05) is 0 Å². The number of fused-ring (bicyclic) bond motifs is 3. The van der Waals surface area contributed by atoms with Gasteiger partial charge >= 0.3 is 22.2 Å². The van der Waals surface area contributed by atoms with Crippen LogP contribution >= 0.6 is 0 Å². The van der Waals surface area contributed by atoms with Crippen LogP contribution in [0.3, 0.4) is 0 Å². The van der Waals surface area contributed by atoms with E-state index in [1.54, 1.807) is 12.1 Å². The Balaban J connectivity index is 2.17. The molecule has 0 radical (unpaired) electrons. The van der Waals surface area contributed by atoms with Crippen LogP contribution in [-0.2, 0) is 33.6 Å². The number of hydrogen-bond donors (Lipinski definition) is 0. The first kappa shape index (κ1) is 19.3. The van der Waals surface area contributed by atoms with Gasteiger partial charge in [0.25, 0.3) is 0 Å². The van der Waals surface area contributed by atoms with Crippen molar-refractivity contribution in [3.05, 3.63) is 34.9 Å². The van der Waals surface area contributed by atoms with Crippen molar-refractivity contribution >= 4 is 28.3 Å². The fraction of sp³-hybridized carbons (Fsp3) is 0.412. The summed E-state index contributed by atoms with van der Waals surface area (Å²) in [6.07, 6.45) is 2.59. The summed E-state index contributed by atoms with van der Waals surface area (Å²) in [5.41, 5.74) is 1.85. The Hall–Kier alpha value is -2.43. The molecule has 2 heterocycles. The molecule has 0 N–H and O–H groups in total. The second-order valence-electron chi connectivity index (χ2n) is 5.96. The van der Waals surface area contributed by atoms with E-state index in [0.717, 1.165) is 0 Å². The summed E-state index contributed by atoms with van der Waals surface area (Å²) in [4.78, 5) is 23.4. The SMILES string of the molecule is COC(=O)/C=C/c1cc(OC)cc2c1C1COS(=O)(=O)N1[C@H]2CC(=O)OC. The van der Waals surface area contributed by atoms with Crippen molar-refractivity contribution in [2.75, 3.05) is 27.9 Å². The third-order valence-corrected chi connectivity index (χ3v) is 6.04. The Labute approximate surface area is 156 Å². The average molecular weight is 397 g/mol. The molecule has 0 bridgehead atoms. The molecular formula is C17H19NO8S. The molecule has 1 aromatic carbocycles. The van der Waals surface area contributed by atoms with Crippen LogP contribution in [0.15, 0.2) is 18.2 Å². The van der Waals surface area contributed by atoms with Crippen molar-refractivity contribution in [1.82, 2.24) is 4.31 Å². The van der Waals surface area contributed by atoms with Gasteiger partial charge in [-0.25, -0.2) is 4.79 Å². The Morgan fingerprint density at radius 2 is 2.00 bits per heavy atom. The molecule has 2 aliphatic heterocycles. The summed E-state index contributed by atoms with van der Waals surface area (Å²) in [5.74, 6) is -0.640. The highest BCUT2D eigenvalue weighted by Crippen LogP contribution is 2.52. The van der Waals surface area contributed by atoms with Crippen LogP contribution in [0.25, 0.3) is 6.08 Å². The molecule has 1 unspecified atom stereocenters. The molecular weight excluding hydrogens is 378 g/mol. The van der Waals surface area contributed by atoms with Crippen molar-refractivity contribution in [3.8, 4) is 5.75 Å². The lowest BCUT2D eigenvalue weighted by Crippen LogP contribution is -2.28. The van der Waals surface area contributed by atoms with Crippen molar-refractivity contribution in [3.63, 3.8) is 0 Å². The summed E-state index contributed by atoms with van der Waals surface area (Å²) >= 11 is 0. The Kier molecular flexibility index (Phi) is 5.22. The highest BCUT2D eigenvalue weighted by atomic mass is 32.2. The molecule has 10 heteroatoms. The second-order valence-corrected chi connectivity index (χ2v) is 7.47. The van der Waals surface area contributed by atoms with E-state index in [0.29, 0.717) is 22.4 Å². The minimum Gasteiger partial charge on any atom is -0.497 e. The van der Waals surface area contributed by atoms with Gasteiger partial charge in [-0.05, 0) is 34.9 Å². The van der Waals surface area contributed by atoms with E-state index in [4.69, 9.17) is 13.7 Å². The lowest BCUT2D eigenvalue weighted by Gasteiger charge is -2.20. The highest BCUT2D eigenvalue weighted by molar-refractivity contribution is 7.84. The zero-order chi connectivity index (χ0) is 19.8. The largest absolute Gasteiger partial charge is 0.497 e. The Bertz CT molecular complexity index is 908. The standard InChI is InChI=1S/C17H19NO8S/c1-23-11-6-10(4-5-15(19)24-2)17-12(7-11)13(8-16(20)25-3)18-14(17)9-26-27(18,21)22/h4-7,13-14H,8-9H2,1-3H3/b5-4+/t13-,14?/m0/s1. The number of rotatable bonds is 5. The van der Waals surface area contributed by atoms with E-state index in [9.17, 15) is 18.0 Å². The Morgan fingerprint density at radius 3 is 2.63 bits per heavy atom. The van der Waals surface area contributed by atoms with E-state index in [1.165, 1.54) is 37.8 Å². The van der Waals surface area contributed by atoms with Gasteiger partial charge in [-0.15, -0.1) is 0 Å². The first-order valence-electron chi connectivity index (χ1n) is 8.05. The molecule has 146 valence electrons. The monoisotopic (exact) mass is 397 g/mol. The minimum absolute atomic E-state index is 0.0849. The number of hydrogen-bond acceptors (Lipinski definition) is 8. The molecule has 0 aliphatic carbocycles. The molecule has 9 nitrogen and oxygen atoms in total. The zero-order valence-corrected chi connectivity index (χ0v) is 15.8. The molecule has 2 atom stereocenters. The topological polar surface area (TPSA) is 108 Å². The fourth-order valence-electron chi connectivity index (χ4n) is 3.41. The fourth-order valence-corrected chi connectivity index (χ4v) is 4.82. The lowest BCUT2D eigenvalue weighted by molar-refractivity contribution is -0.141. The van der Waals surface area contributed by atoms with E-state index >= 15 is 0 Å². The number of nitrogens with zero attached hydrogens (tertiary/aromatic N) is 1. The van der Waals surface area contributed by atoms with E-state index < -0.39 is 34.3 Å². The molecule has 1 fully saturated rings.